The molecule has 1 amide bonds. The molecule has 2 N–H and O–H groups in total. The molecule has 0 fully saturated rings. The lowest BCUT2D eigenvalue weighted by Crippen LogP contribution is -2.39. The minimum absolute atomic E-state index is 0.151. The van der Waals surface area contributed by atoms with E-state index in [4.69, 9.17) is 4.74 Å². The lowest BCUT2D eigenvalue weighted by atomic mass is 10.1. The summed E-state index contributed by atoms with van der Waals surface area (Å²) in [5.74, 6) is -0.586. The van der Waals surface area contributed by atoms with Crippen LogP contribution in [-0.4, -0.2) is 47.2 Å². The molecule has 1 atom stereocenters. The Morgan fingerprint density at radius 3 is 2.75 bits per heavy atom. The van der Waals surface area contributed by atoms with Crippen molar-refractivity contribution in [2.75, 3.05) is 19.5 Å². The molecule has 0 saturated carbocycles. The number of aryl methyl sites for hydroxylation is 1. The van der Waals surface area contributed by atoms with Gasteiger partial charge in [0.05, 0.1) is 18.7 Å². The van der Waals surface area contributed by atoms with Crippen molar-refractivity contribution in [3.63, 3.8) is 0 Å². The number of hydrogen-bond acceptors (Lipinski definition) is 5. The van der Waals surface area contributed by atoms with E-state index in [0.29, 0.717) is 17.8 Å². The molecule has 1 aromatic carbocycles. The minimum atomic E-state index is -0.435. The number of hydrogen-bond donors (Lipinski definition) is 2. The van der Waals surface area contributed by atoms with Gasteiger partial charge < -0.3 is 10.1 Å². The fourth-order valence-corrected chi connectivity index (χ4v) is 2.22. The predicted octanol–water partition coefficient (Wildman–Crippen LogP) is 1.96. The number of aromatic nitrogens is 2. The van der Waals surface area contributed by atoms with Crippen LogP contribution in [0.5, 0.6) is 0 Å². The first kappa shape index (κ1) is 17.7. The van der Waals surface area contributed by atoms with Crippen LogP contribution in [0, 0.1) is 6.92 Å². The van der Waals surface area contributed by atoms with E-state index in [1.54, 1.807) is 24.4 Å². The topological polar surface area (TPSA) is 87.3 Å². The van der Waals surface area contributed by atoms with E-state index in [-0.39, 0.29) is 11.9 Å². The lowest BCUT2D eigenvalue weighted by Gasteiger charge is -2.23. The molecule has 7 nitrogen and oxygen atoms in total. The molecule has 2 rings (SSSR count). The second-order valence-corrected chi connectivity index (χ2v) is 5.68. The number of ether oxygens (including phenoxy) is 1. The van der Waals surface area contributed by atoms with Gasteiger partial charge in [0.15, 0.2) is 0 Å². The average Bonchev–Trinajstić information content (AvgIpc) is 3.08. The third kappa shape index (κ3) is 4.20. The van der Waals surface area contributed by atoms with Gasteiger partial charge in [-0.1, -0.05) is 6.07 Å². The normalized spacial score (nSPS) is 12.0. The van der Waals surface area contributed by atoms with E-state index in [2.05, 4.69) is 15.5 Å². The molecule has 7 heteroatoms. The molecule has 0 aliphatic carbocycles. The van der Waals surface area contributed by atoms with E-state index < -0.39 is 5.97 Å². The smallest absolute Gasteiger partial charge is 0.337 e. The maximum Gasteiger partial charge on any atom is 0.337 e. The van der Waals surface area contributed by atoms with Crippen molar-refractivity contribution in [3.8, 4) is 0 Å². The molecule has 2 aromatic rings. The Labute approximate surface area is 141 Å². The second-order valence-electron chi connectivity index (χ2n) is 5.68. The van der Waals surface area contributed by atoms with Crippen LogP contribution in [0.25, 0.3) is 0 Å². The molecule has 1 unspecified atom stereocenters. The maximum atomic E-state index is 12.5. The van der Waals surface area contributed by atoms with Gasteiger partial charge in [0.2, 0.25) is 5.91 Å². The number of likely N-dealkylation sites (N-methyl/N-ethyl adjacent to an activating group) is 1. The van der Waals surface area contributed by atoms with Crippen LogP contribution in [0.3, 0.4) is 0 Å². The van der Waals surface area contributed by atoms with Crippen LogP contribution in [0.1, 0.15) is 28.5 Å². The van der Waals surface area contributed by atoms with Crippen LogP contribution < -0.4 is 5.32 Å². The van der Waals surface area contributed by atoms with Crippen molar-refractivity contribution >= 4 is 17.6 Å². The molecule has 24 heavy (non-hydrogen) atoms. The highest BCUT2D eigenvalue weighted by molar-refractivity contribution is 5.97. The molecule has 0 aliphatic rings. The van der Waals surface area contributed by atoms with Gasteiger partial charge in [0.1, 0.15) is 0 Å². The molecule has 0 saturated heterocycles. The Kier molecular flexibility index (Phi) is 5.70. The van der Waals surface area contributed by atoms with Crippen LogP contribution in [0.15, 0.2) is 30.5 Å². The minimum Gasteiger partial charge on any atom is -0.465 e. The summed E-state index contributed by atoms with van der Waals surface area (Å²) in [4.78, 5) is 26.0. The number of H-pyrrole nitrogens is 1. The average molecular weight is 330 g/mol. The Bertz CT molecular complexity index is 713. The van der Waals surface area contributed by atoms with Crippen LogP contribution in [0.2, 0.25) is 0 Å². The summed E-state index contributed by atoms with van der Waals surface area (Å²) in [5.41, 5.74) is 2.81. The molecule has 0 spiro atoms. The Balaban J connectivity index is 2.06. The van der Waals surface area contributed by atoms with Gasteiger partial charge in [0, 0.05) is 24.1 Å². The highest BCUT2D eigenvalue weighted by Gasteiger charge is 2.20. The number of amides is 1. The van der Waals surface area contributed by atoms with Gasteiger partial charge in [-0.05, 0) is 44.7 Å². The zero-order valence-corrected chi connectivity index (χ0v) is 14.3. The first-order valence-corrected chi connectivity index (χ1v) is 7.60. The Morgan fingerprint density at radius 1 is 1.38 bits per heavy atom. The lowest BCUT2D eigenvalue weighted by molar-refractivity contribution is -0.120. The predicted molar refractivity (Wildman–Crippen MR) is 90.7 cm³/mol. The molecule has 1 aromatic heterocycles. The number of rotatable bonds is 6. The molecular weight excluding hydrogens is 308 g/mol. The highest BCUT2D eigenvalue weighted by atomic mass is 16.5. The number of aromatic amines is 1. The fraction of sp³-hybridized carbons (Fsp3) is 0.353. The standard InChI is InChI=1S/C17H22N4O3/c1-11-5-6-13(17(23)24-4)9-15(11)19-16(22)12(2)21(3)10-14-7-8-18-20-14/h5-9,12H,10H2,1-4H3,(H,18,20)(H,19,22). The first-order chi connectivity index (χ1) is 11.4. The summed E-state index contributed by atoms with van der Waals surface area (Å²) >= 11 is 0. The zero-order chi connectivity index (χ0) is 17.7. The van der Waals surface area contributed by atoms with Crippen LogP contribution in [0.4, 0.5) is 5.69 Å². The van der Waals surface area contributed by atoms with Gasteiger partial charge >= 0.3 is 5.97 Å². The summed E-state index contributed by atoms with van der Waals surface area (Å²) in [7, 11) is 3.19. The van der Waals surface area contributed by atoms with Crippen molar-refractivity contribution in [3.05, 3.63) is 47.3 Å². The van der Waals surface area contributed by atoms with Crippen molar-refractivity contribution in [2.45, 2.75) is 26.4 Å². The van der Waals surface area contributed by atoms with Crippen molar-refractivity contribution in [2.24, 2.45) is 0 Å². The van der Waals surface area contributed by atoms with Crippen LogP contribution >= 0.6 is 0 Å². The molecule has 0 bridgehead atoms. The number of nitrogens with one attached hydrogen (secondary N) is 2. The van der Waals surface area contributed by atoms with E-state index in [9.17, 15) is 9.59 Å². The molecular formula is C17H22N4O3. The summed E-state index contributed by atoms with van der Waals surface area (Å²) in [5, 5.41) is 9.64. The van der Waals surface area contributed by atoms with E-state index in [0.717, 1.165) is 11.3 Å². The number of nitrogens with zero attached hydrogens (tertiary/aromatic N) is 2. The summed E-state index contributed by atoms with van der Waals surface area (Å²) in [6.45, 7) is 4.27. The fourth-order valence-electron chi connectivity index (χ4n) is 2.22. The maximum absolute atomic E-state index is 12.5. The number of benzene rings is 1. The van der Waals surface area contributed by atoms with Crippen LogP contribution in [-0.2, 0) is 16.1 Å². The summed E-state index contributed by atoms with van der Waals surface area (Å²) in [6.07, 6.45) is 1.68. The van der Waals surface area contributed by atoms with E-state index in [1.165, 1.54) is 7.11 Å². The van der Waals surface area contributed by atoms with Crippen molar-refractivity contribution < 1.29 is 14.3 Å². The molecule has 128 valence electrons. The molecule has 0 aliphatic heterocycles. The van der Waals surface area contributed by atoms with Gasteiger partial charge in [-0.3, -0.25) is 14.8 Å². The van der Waals surface area contributed by atoms with Gasteiger partial charge in [-0.15, -0.1) is 0 Å². The zero-order valence-electron chi connectivity index (χ0n) is 14.3. The number of carbonyl (C=O) groups excluding carboxylic acids is 2. The SMILES string of the molecule is COC(=O)c1ccc(C)c(NC(=O)C(C)N(C)Cc2ccn[nH]2)c1. The van der Waals surface area contributed by atoms with E-state index in [1.807, 2.05) is 31.9 Å². The van der Waals surface area contributed by atoms with Gasteiger partial charge in [-0.2, -0.15) is 5.10 Å². The van der Waals surface area contributed by atoms with Crippen molar-refractivity contribution in [1.29, 1.82) is 0 Å². The van der Waals surface area contributed by atoms with Gasteiger partial charge in [0.25, 0.3) is 0 Å². The first-order valence-electron chi connectivity index (χ1n) is 7.60. The quantitative estimate of drug-likeness (QED) is 0.791. The molecule has 0 radical (unpaired) electrons. The number of anilines is 1. The Morgan fingerprint density at radius 2 is 2.12 bits per heavy atom. The third-order valence-electron chi connectivity index (χ3n) is 3.94. The van der Waals surface area contributed by atoms with Crippen molar-refractivity contribution in [1.82, 2.24) is 15.1 Å². The summed E-state index contributed by atoms with van der Waals surface area (Å²) in [6, 6.07) is 6.59. The highest BCUT2D eigenvalue weighted by Crippen LogP contribution is 2.18. The van der Waals surface area contributed by atoms with E-state index >= 15 is 0 Å². The Hall–Kier alpha value is -2.67. The van der Waals surface area contributed by atoms with Gasteiger partial charge in [-0.25, -0.2) is 4.79 Å². The third-order valence-corrected chi connectivity index (χ3v) is 3.94. The summed E-state index contributed by atoms with van der Waals surface area (Å²) < 4.78 is 4.71. The molecule has 1 heterocycles. The number of carbonyl (C=O) groups is 2. The number of esters is 1. The number of methoxy groups -OCH3 is 1. The monoisotopic (exact) mass is 330 g/mol. The largest absolute Gasteiger partial charge is 0.465 e. The second kappa shape index (κ2) is 7.74.